The lowest BCUT2D eigenvalue weighted by molar-refractivity contribution is -0.385. The molecule has 5 heteroatoms. The van der Waals surface area contributed by atoms with Crippen LogP contribution in [0.5, 0.6) is 11.5 Å². The van der Waals surface area contributed by atoms with Gasteiger partial charge in [-0.2, -0.15) is 0 Å². The molecule has 0 radical (unpaired) electrons. The molecule has 76 valence electrons. The van der Waals surface area contributed by atoms with Gasteiger partial charge in [-0.3, -0.25) is 10.2 Å². The second-order valence-electron chi connectivity index (χ2n) is 3.11. The maximum absolute atomic E-state index is 9.05. The Morgan fingerprint density at radius 2 is 1.86 bits per heavy atom. The maximum atomic E-state index is 9.05. The van der Waals surface area contributed by atoms with Crippen molar-refractivity contribution in [3.05, 3.63) is 23.3 Å². The predicted octanol–water partition coefficient (Wildman–Crippen LogP) is 1.10. The summed E-state index contributed by atoms with van der Waals surface area (Å²) in [5.41, 5.74) is 1.78. The van der Waals surface area contributed by atoms with Gasteiger partial charge < -0.3 is 9.47 Å². The van der Waals surface area contributed by atoms with E-state index < -0.39 is 6.16 Å². The highest BCUT2D eigenvalue weighted by atomic mass is 35.5. The summed E-state index contributed by atoms with van der Waals surface area (Å²) in [7, 11) is 0. The van der Waals surface area contributed by atoms with Crippen LogP contribution in [0.3, 0.4) is 0 Å². The minimum atomic E-state index is -2.56. The van der Waals surface area contributed by atoms with E-state index >= 15 is 0 Å². The summed E-state index contributed by atoms with van der Waals surface area (Å²) < 4.78 is 9.44. The minimum Gasteiger partial charge on any atom is -0.403 e. The molecule has 4 nitrogen and oxygen atoms in total. The number of fused-ring (bicyclic) bond motifs is 1. The first-order valence-electron chi connectivity index (χ1n) is 4.04. The van der Waals surface area contributed by atoms with Crippen molar-refractivity contribution in [1.82, 2.24) is 0 Å². The van der Waals surface area contributed by atoms with Gasteiger partial charge in [0.2, 0.25) is 0 Å². The fourth-order valence-electron chi connectivity index (χ4n) is 1.31. The number of benzene rings is 1. The molecule has 0 spiro atoms. The summed E-state index contributed by atoms with van der Waals surface area (Å²) in [5.74, 6) is 0.935. The van der Waals surface area contributed by atoms with Crippen LogP contribution < -0.4 is 9.47 Å². The molecule has 0 aliphatic carbocycles. The van der Waals surface area contributed by atoms with Crippen molar-refractivity contribution in [2.75, 3.05) is 0 Å². The molecule has 14 heavy (non-hydrogen) atoms. The summed E-state index contributed by atoms with van der Waals surface area (Å²) in [4.78, 5) is 0. The SMILES string of the molecule is Cc1cc2c(cc1CCl)OC(O)(O)O2. The Labute approximate surface area is 85.6 Å². The average molecular weight is 217 g/mol. The third-order valence-electron chi connectivity index (χ3n) is 2.03. The van der Waals surface area contributed by atoms with Gasteiger partial charge in [0.1, 0.15) is 0 Å². The van der Waals surface area contributed by atoms with Gasteiger partial charge >= 0.3 is 6.16 Å². The Bertz CT molecular complexity index is 375. The minimum absolute atomic E-state index is 0.288. The van der Waals surface area contributed by atoms with Gasteiger partial charge in [-0.1, -0.05) is 0 Å². The molecule has 0 atom stereocenters. The molecule has 0 amide bonds. The third kappa shape index (κ3) is 1.52. The Hall–Kier alpha value is -0.970. The van der Waals surface area contributed by atoms with Crippen molar-refractivity contribution in [3.63, 3.8) is 0 Å². The quantitative estimate of drug-likeness (QED) is 0.545. The number of rotatable bonds is 1. The van der Waals surface area contributed by atoms with Gasteiger partial charge in [0.15, 0.2) is 11.5 Å². The van der Waals surface area contributed by atoms with Crippen LogP contribution >= 0.6 is 11.6 Å². The molecule has 2 rings (SSSR count). The molecule has 1 aromatic carbocycles. The fourth-order valence-corrected chi connectivity index (χ4v) is 1.60. The van der Waals surface area contributed by atoms with Crippen LogP contribution in [0.25, 0.3) is 0 Å². The lowest BCUT2D eigenvalue weighted by Gasteiger charge is -2.10. The standard InChI is InChI=1S/C9H9ClO4/c1-5-2-7-8(3-6(5)4-10)14-9(11,12)13-7/h2-3,11-12H,4H2,1H3. The van der Waals surface area contributed by atoms with Crippen LogP contribution in [-0.2, 0) is 5.88 Å². The van der Waals surface area contributed by atoms with Gasteiger partial charge in [-0.15, -0.1) is 11.6 Å². The molecule has 1 aromatic rings. The van der Waals surface area contributed by atoms with Crippen molar-refractivity contribution in [3.8, 4) is 11.5 Å². The summed E-state index contributed by atoms with van der Waals surface area (Å²) in [5, 5.41) is 18.1. The summed E-state index contributed by atoms with van der Waals surface area (Å²) in [6, 6.07) is 3.28. The Kier molecular flexibility index (Phi) is 2.06. The summed E-state index contributed by atoms with van der Waals surface area (Å²) in [6.45, 7) is 1.86. The second-order valence-corrected chi connectivity index (χ2v) is 3.38. The number of hydrogen-bond donors (Lipinski definition) is 2. The first-order valence-corrected chi connectivity index (χ1v) is 4.57. The van der Waals surface area contributed by atoms with Gasteiger partial charge in [0, 0.05) is 5.88 Å². The van der Waals surface area contributed by atoms with Crippen LogP contribution in [0.4, 0.5) is 0 Å². The van der Waals surface area contributed by atoms with Crippen LogP contribution in [0.1, 0.15) is 11.1 Å². The molecule has 0 bridgehead atoms. The number of halogens is 1. The van der Waals surface area contributed by atoms with E-state index in [2.05, 4.69) is 0 Å². The highest BCUT2D eigenvalue weighted by Gasteiger charge is 2.38. The number of alkyl halides is 1. The van der Waals surface area contributed by atoms with Crippen LogP contribution in [0.15, 0.2) is 12.1 Å². The molecular formula is C9H9ClO4. The zero-order chi connectivity index (χ0) is 10.3. The smallest absolute Gasteiger partial charge is 0.403 e. The molecule has 0 saturated carbocycles. The number of aryl methyl sites for hydroxylation is 1. The zero-order valence-electron chi connectivity index (χ0n) is 7.45. The molecule has 1 aliphatic heterocycles. The second kappa shape index (κ2) is 3.02. The van der Waals surface area contributed by atoms with Crippen LogP contribution in [-0.4, -0.2) is 16.4 Å². The topological polar surface area (TPSA) is 58.9 Å². The highest BCUT2D eigenvalue weighted by molar-refractivity contribution is 6.17. The third-order valence-corrected chi connectivity index (χ3v) is 2.32. The van der Waals surface area contributed by atoms with Crippen molar-refractivity contribution >= 4 is 11.6 Å². The molecule has 1 heterocycles. The van der Waals surface area contributed by atoms with E-state index in [1.165, 1.54) is 0 Å². The lowest BCUT2D eigenvalue weighted by atomic mass is 10.1. The Balaban J connectivity index is 2.44. The first kappa shape index (κ1) is 9.58. The van der Waals surface area contributed by atoms with Crippen molar-refractivity contribution in [2.24, 2.45) is 0 Å². The monoisotopic (exact) mass is 216 g/mol. The fraction of sp³-hybridized carbons (Fsp3) is 0.333. The van der Waals surface area contributed by atoms with E-state index in [1.807, 2.05) is 6.92 Å². The Morgan fingerprint density at radius 1 is 1.29 bits per heavy atom. The zero-order valence-corrected chi connectivity index (χ0v) is 8.21. The van der Waals surface area contributed by atoms with Crippen molar-refractivity contribution < 1.29 is 19.7 Å². The Morgan fingerprint density at radius 3 is 2.43 bits per heavy atom. The van der Waals surface area contributed by atoms with E-state index in [9.17, 15) is 0 Å². The van der Waals surface area contributed by atoms with E-state index in [1.54, 1.807) is 12.1 Å². The molecular weight excluding hydrogens is 208 g/mol. The molecule has 0 unspecified atom stereocenters. The highest BCUT2D eigenvalue weighted by Crippen LogP contribution is 2.39. The first-order chi connectivity index (χ1) is 6.52. The lowest BCUT2D eigenvalue weighted by Crippen LogP contribution is -2.37. The molecule has 0 fully saturated rings. The van der Waals surface area contributed by atoms with E-state index in [0.29, 0.717) is 11.6 Å². The number of ether oxygens (including phenoxy) is 2. The van der Waals surface area contributed by atoms with E-state index in [4.69, 9.17) is 31.3 Å². The average Bonchev–Trinajstić information content (AvgIpc) is 2.36. The molecule has 0 saturated heterocycles. The van der Waals surface area contributed by atoms with Gasteiger partial charge in [0.05, 0.1) is 0 Å². The van der Waals surface area contributed by atoms with E-state index in [-0.39, 0.29) is 5.75 Å². The number of aliphatic hydroxyl groups is 2. The van der Waals surface area contributed by atoms with Gasteiger partial charge in [0.25, 0.3) is 0 Å². The van der Waals surface area contributed by atoms with Gasteiger partial charge in [-0.05, 0) is 30.2 Å². The molecule has 1 aliphatic rings. The molecule has 2 N–H and O–H groups in total. The van der Waals surface area contributed by atoms with Crippen LogP contribution in [0.2, 0.25) is 0 Å². The largest absolute Gasteiger partial charge is 0.505 e. The number of hydrogen-bond acceptors (Lipinski definition) is 4. The van der Waals surface area contributed by atoms with E-state index in [0.717, 1.165) is 11.1 Å². The van der Waals surface area contributed by atoms with Crippen molar-refractivity contribution in [2.45, 2.75) is 19.0 Å². The normalized spacial score (nSPS) is 17.1. The summed E-state index contributed by atoms with van der Waals surface area (Å²) >= 11 is 5.68. The summed E-state index contributed by atoms with van der Waals surface area (Å²) in [6.07, 6.45) is -2.56. The van der Waals surface area contributed by atoms with Crippen LogP contribution in [0, 0.1) is 6.92 Å². The van der Waals surface area contributed by atoms with Gasteiger partial charge in [-0.25, -0.2) is 0 Å². The van der Waals surface area contributed by atoms with Crippen molar-refractivity contribution in [1.29, 1.82) is 0 Å². The molecule has 0 aromatic heterocycles. The maximum Gasteiger partial charge on any atom is 0.505 e. The predicted molar refractivity (Wildman–Crippen MR) is 49.2 cm³/mol.